The smallest absolute Gasteiger partial charge is 0.312 e. The molecule has 0 saturated carbocycles. The predicted octanol–water partition coefficient (Wildman–Crippen LogP) is 1.39. The van der Waals surface area contributed by atoms with Gasteiger partial charge < -0.3 is 21.1 Å². The number of aromatic nitrogens is 1. The van der Waals surface area contributed by atoms with Gasteiger partial charge in [-0.25, -0.2) is 9.78 Å². The Morgan fingerprint density at radius 1 is 1.50 bits per heavy atom. The number of urea groups is 1. The number of benzene rings is 1. The maximum Gasteiger partial charge on any atom is 0.312 e. The zero-order chi connectivity index (χ0) is 13.0. The molecule has 96 valence electrons. The van der Waals surface area contributed by atoms with E-state index in [4.69, 9.17) is 10.5 Å². The largest absolute Gasteiger partial charge is 0.497 e. The van der Waals surface area contributed by atoms with E-state index in [0.717, 1.165) is 21.1 Å². The monoisotopic (exact) mass is 266 g/mol. The molecular weight excluding hydrogens is 252 g/mol. The molecule has 0 radical (unpaired) electrons. The molecule has 4 N–H and O–H groups in total. The normalized spacial score (nSPS) is 10.3. The SMILES string of the molecule is COc1ccc2nc(NCCNC(N)=O)sc2c1. The highest BCUT2D eigenvalue weighted by Gasteiger charge is 2.04. The topological polar surface area (TPSA) is 89.3 Å². The number of rotatable bonds is 5. The first-order valence-corrected chi connectivity index (χ1v) is 6.22. The van der Waals surface area contributed by atoms with E-state index in [-0.39, 0.29) is 0 Å². The summed E-state index contributed by atoms with van der Waals surface area (Å²) in [6, 6.07) is 5.21. The van der Waals surface area contributed by atoms with E-state index in [1.54, 1.807) is 7.11 Å². The first-order chi connectivity index (χ1) is 8.69. The quantitative estimate of drug-likeness (QED) is 0.713. The molecule has 1 heterocycles. The van der Waals surface area contributed by atoms with Crippen LogP contribution >= 0.6 is 11.3 Å². The van der Waals surface area contributed by atoms with E-state index in [9.17, 15) is 4.79 Å². The van der Waals surface area contributed by atoms with Crippen molar-refractivity contribution in [1.29, 1.82) is 0 Å². The number of methoxy groups -OCH3 is 1. The number of hydrogen-bond acceptors (Lipinski definition) is 5. The zero-order valence-electron chi connectivity index (χ0n) is 9.90. The molecule has 0 spiro atoms. The van der Waals surface area contributed by atoms with E-state index in [2.05, 4.69) is 15.6 Å². The van der Waals surface area contributed by atoms with E-state index in [0.29, 0.717) is 13.1 Å². The number of ether oxygens (including phenoxy) is 1. The minimum Gasteiger partial charge on any atom is -0.497 e. The van der Waals surface area contributed by atoms with Crippen LogP contribution in [0.25, 0.3) is 10.2 Å². The molecule has 1 aromatic carbocycles. The number of carbonyl (C=O) groups excluding carboxylic acids is 1. The lowest BCUT2D eigenvalue weighted by atomic mass is 10.3. The molecule has 0 atom stereocenters. The standard InChI is InChI=1S/C11H14N4O2S/c1-17-7-2-3-8-9(6-7)18-11(15-8)14-5-4-13-10(12)16/h2-3,6H,4-5H2,1H3,(H,14,15)(H3,12,13,16). The Kier molecular flexibility index (Phi) is 3.83. The van der Waals surface area contributed by atoms with Gasteiger partial charge in [0.05, 0.1) is 17.3 Å². The van der Waals surface area contributed by atoms with Crippen molar-refractivity contribution in [2.75, 3.05) is 25.5 Å². The molecule has 0 unspecified atom stereocenters. The fourth-order valence-corrected chi connectivity index (χ4v) is 2.38. The van der Waals surface area contributed by atoms with Gasteiger partial charge in [-0.1, -0.05) is 11.3 Å². The number of nitrogens with one attached hydrogen (secondary N) is 2. The first-order valence-electron chi connectivity index (χ1n) is 5.41. The predicted molar refractivity (Wildman–Crippen MR) is 72.2 cm³/mol. The highest BCUT2D eigenvalue weighted by Crippen LogP contribution is 2.28. The van der Waals surface area contributed by atoms with E-state index in [1.165, 1.54) is 11.3 Å². The Balaban J connectivity index is 1.99. The molecule has 2 amide bonds. The van der Waals surface area contributed by atoms with Crippen LogP contribution in [-0.4, -0.2) is 31.2 Å². The summed E-state index contributed by atoms with van der Waals surface area (Å²) in [4.78, 5) is 14.9. The second-order valence-corrected chi connectivity index (χ2v) is 4.60. The lowest BCUT2D eigenvalue weighted by Gasteiger charge is -2.01. The van der Waals surface area contributed by atoms with E-state index in [1.807, 2.05) is 18.2 Å². The molecule has 0 bridgehead atoms. The lowest BCUT2D eigenvalue weighted by Crippen LogP contribution is -2.33. The van der Waals surface area contributed by atoms with E-state index >= 15 is 0 Å². The Morgan fingerprint density at radius 2 is 2.33 bits per heavy atom. The van der Waals surface area contributed by atoms with Crippen LogP contribution in [0.1, 0.15) is 0 Å². The van der Waals surface area contributed by atoms with Gasteiger partial charge in [0.15, 0.2) is 5.13 Å². The second kappa shape index (κ2) is 5.54. The molecule has 0 saturated heterocycles. The van der Waals surface area contributed by atoms with Crippen molar-refractivity contribution in [3.05, 3.63) is 18.2 Å². The van der Waals surface area contributed by atoms with Crippen LogP contribution in [0.3, 0.4) is 0 Å². The van der Waals surface area contributed by atoms with Crippen LogP contribution in [0.2, 0.25) is 0 Å². The van der Waals surface area contributed by atoms with Crippen LogP contribution in [0, 0.1) is 0 Å². The van der Waals surface area contributed by atoms with Crippen molar-refractivity contribution >= 4 is 32.7 Å². The van der Waals surface area contributed by atoms with Gasteiger partial charge in [0.25, 0.3) is 0 Å². The summed E-state index contributed by atoms with van der Waals surface area (Å²) in [5.74, 6) is 0.813. The minimum atomic E-state index is -0.522. The van der Waals surface area contributed by atoms with Crippen molar-refractivity contribution in [2.24, 2.45) is 5.73 Å². The fourth-order valence-electron chi connectivity index (χ4n) is 1.46. The maximum absolute atomic E-state index is 10.5. The molecule has 0 aliphatic carbocycles. The lowest BCUT2D eigenvalue weighted by molar-refractivity contribution is 0.249. The number of fused-ring (bicyclic) bond motifs is 1. The molecule has 0 aliphatic rings. The van der Waals surface area contributed by atoms with Gasteiger partial charge in [-0.05, 0) is 18.2 Å². The first kappa shape index (κ1) is 12.4. The number of anilines is 1. The summed E-state index contributed by atoms with van der Waals surface area (Å²) in [7, 11) is 1.64. The summed E-state index contributed by atoms with van der Waals surface area (Å²) in [5.41, 5.74) is 5.88. The van der Waals surface area contributed by atoms with Crippen LogP contribution in [0.4, 0.5) is 9.93 Å². The van der Waals surface area contributed by atoms with Crippen molar-refractivity contribution in [1.82, 2.24) is 10.3 Å². The molecule has 2 rings (SSSR count). The third kappa shape index (κ3) is 3.01. The van der Waals surface area contributed by atoms with Gasteiger partial charge in [-0.2, -0.15) is 0 Å². The number of amides is 2. The van der Waals surface area contributed by atoms with Crippen LogP contribution in [0.5, 0.6) is 5.75 Å². The molecule has 0 fully saturated rings. The average Bonchev–Trinajstić information content (AvgIpc) is 2.75. The molecule has 0 aliphatic heterocycles. The number of primary amides is 1. The highest BCUT2D eigenvalue weighted by molar-refractivity contribution is 7.22. The van der Waals surface area contributed by atoms with Crippen molar-refractivity contribution in [2.45, 2.75) is 0 Å². The van der Waals surface area contributed by atoms with Gasteiger partial charge in [0.2, 0.25) is 0 Å². The number of carbonyl (C=O) groups is 1. The summed E-state index contributed by atoms with van der Waals surface area (Å²) >= 11 is 1.54. The number of nitrogens with zero attached hydrogens (tertiary/aromatic N) is 1. The Bertz CT molecular complexity index is 555. The van der Waals surface area contributed by atoms with Gasteiger partial charge in [-0.3, -0.25) is 0 Å². The van der Waals surface area contributed by atoms with Gasteiger partial charge in [0, 0.05) is 13.1 Å². The summed E-state index contributed by atoms with van der Waals surface area (Å²) in [6.45, 7) is 1.05. The fraction of sp³-hybridized carbons (Fsp3) is 0.273. The maximum atomic E-state index is 10.5. The molecule has 18 heavy (non-hydrogen) atoms. The summed E-state index contributed by atoms with van der Waals surface area (Å²) < 4.78 is 6.21. The molecule has 1 aromatic heterocycles. The molecule has 6 nitrogen and oxygen atoms in total. The van der Waals surface area contributed by atoms with Crippen molar-refractivity contribution < 1.29 is 9.53 Å². The van der Waals surface area contributed by atoms with Gasteiger partial charge in [-0.15, -0.1) is 0 Å². The van der Waals surface area contributed by atoms with Crippen molar-refractivity contribution in [3.63, 3.8) is 0 Å². The van der Waals surface area contributed by atoms with E-state index < -0.39 is 6.03 Å². The second-order valence-electron chi connectivity index (χ2n) is 3.57. The van der Waals surface area contributed by atoms with Crippen molar-refractivity contribution in [3.8, 4) is 5.75 Å². The molecule has 7 heteroatoms. The van der Waals surface area contributed by atoms with Crippen LogP contribution in [-0.2, 0) is 0 Å². The number of nitrogens with two attached hydrogens (primary N) is 1. The van der Waals surface area contributed by atoms with Crippen LogP contribution in [0.15, 0.2) is 18.2 Å². The Morgan fingerprint density at radius 3 is 3.06 bits per heavy atom. The number of hydrogen-bond donors (Lipinski definition) is 3. The minimum absolute atomic E-state index is 0.467. The molecule has 2 aromatic rings. The third-order valence-electron chi connectivity index (χ3n) is 2.30. The molecular formula is C11H14N4O2S. The average molecular weight is 266 g/mol. The van der Waals surface area contributed by atoms with Gasteiger partial charge >= 0.3 is 6.03 Å². The Hall–Kier alpha value is -2.02. The highest BCUT2D eigenvalue weighted by atomic mass is 32.1. The third-order valence-corrected chi connectivity index (χ3v) is 3.27. The summed E-state index contributed by atoms with van der Waals surface area (Å²) in [5, 5.41) is 6.43. The summed E-state index contributed by atoms with van der Waals surface area (Å²) in [6.07, 6.45) is 0. The Labute approximate surface area is 108 Å². The van der Waals surface area contributed by atoms with Crippen LogP contribution < -0.4 is 21.1 Å². The van der Waals surface area contributed by atoms with Gasteiger partial charge in [0.1, 0.15) is 5.75 Å². The number of thiazole rings is 1. The zero-order valence-corrected chi connectivity index (χ0v) is 10.7.